The van der Waals surface area contributed by atoms with Gasteiger partial charge in [-0.3, -0.25) is 9.59 Å². The Kier molecular flexibility index (Phi) is 7.12. The van der Waals surface area contributed by atoms with E-state index in [1.54, 1.807) is 11.8 Å². The summed E-state index contributed by atoms with van der Waals surface area (Å²) in [5.41, 5.74) is 2.98. The first kappa shape index (κ1) is 21.5. The number of hydrogen-bond acceptors (Lipinski definition) is 4. The van der Waals surface area contributed by atoms with Crippen molar-refractivity contribution in [2.45, 2.75) is 46.4 Å². The summed E-state index contributed by atoms with van der Waals surface area (Å²) < 4.78 is 0. The van der Waals surface area contributed by atoms with Crippen LogP contribution in [-0.4, -0.2) is 24.1 Å². The van der Waals surface area contributed by atoms with Crippen molar-refractivity contribution in [1.82, 2.24) is 5.32 Å². The normalized spacial score (nSPS) is 11.3. The lowest BCUT2D eigenvalue weighted by Crippen LogP contribution is -2.27. The van der Waals surface area contributed by atoms with E-state index in [9.17, 15) is 9.59 Å². The van der Waals surface area contributed by atoms with E-state index in [0.29, 0.717) is 16.4 Å². The molecule has 0 aliphatic carbocycles. The molecule has 0 fully saturated rings. The highest BCUT2D eigenvalue weighted by Gasteiger charge is 2.23. The molecular weight excluding hydrogens is 376 g/mol. The molecule has 0 unspecified atom stereocenters. The SMILES string of the molecule is Cc1ccc(SCCNC(=O)c2sc(NC(=O)C(C)(C)C)cc2C)cc1C. The number of thiophene rings is 1. The number of thioether (sulfide) groups is 1. The predicted molar refractivity (Wildman–Crippen MR) is 116 cm³/mol. The standard InChI is InChI=1S/C21H28N2O2S2/c1-13-7-8-16(11-14(13)2)26-10-9-22-19(24)18-15(3)12-17(27-18)23-20(25)21(4,5)6/h7-8,11-12H,9-10H2,1-6H3,(H,22,24)(H,23,25). The maximum atomic E-state index is 12.4. The molecule has 2 aromatic rings. The van der Waals surface area contributed by atoms with Gasteiger partial charge in [-0.15, -0.1) is 23.1 Å². The third kappa shape index (κ3) is 6.11. The molecular formula is C21H28N2O2S2. The Morgan fingerprint density at radius 1 is 1.04 bits per heavy atom. The van der Waals surface area contributed by atoms with Gasteiger partial charge < -0.3 is 10.6 Å². The van der Waals surface area contributed by atoms with E-state index in [-0.39, 0.29) is 11.8 Å². The van der Waals surface area contributed by atoms with Gasteiger partial charge in [-0.1, -0.05) is 26.8 Å². The first-order valence-corrected chi connectivity index (χ1v) is 10.8. The summed E-state index contributed by atoms with van der Waals surface area (Å²) >= 11 is 3.05. The molecule has 1 heterocycles. The van der Waals surface area contributed by atoms with Crippen LogP contribution in [0.3, 0.4) is 0 Å². The van der Waals surface area contributed by atoms with Crippen LogP contribution in [0.25, 0.3) is 0 Å². The van der Waals surface area contributed by atoms with Gasteiger partial charge in [0, 0.05) is 22.6 Å². The molecule has 6 heteroatoms. The van der Waals surface area contributed by atoms with Crippen molar-refractivity contribution in [2.24, 2.45) is 5.41 Å². The molecule has 0 radical (unpaired) electrons. The number of anilines is 1. The highest BCUT2D eigenvalue weighted by atomic mass is 32.2. The molecule has 4 nitrogen and oxygen atoms in total. The largest absolute Gasteiger partial charge is 0.350 e. The van der Waals surface area contributed by atoms with Crippen LogP contribution in [0, 0.1) is 26.2 Å². The first-order valence-electron chi connectivity index (χ1n) is 8.98. The Morgan fingerprint density at radius 3 is 2.37 bits per heavy atom. The van der Waals surface area contributed by atoms with Crippen LogP contribution in [0.4, 0.5) is 5.00 Å². The van der Waals surface area contributed by atoms with Crippen LogP contribution < -0.4 is 10.6 Å². The van der Waals surface area contributed by atoms with E-state index in [2.05, 4.69) is 42.7 Å². The van der Waals surface area contributed by atoms with Crippen molar-refractivity contribution in [2.75, 3.05) is 17.6 Å². The van der Waals surface area contributed by atoms with E-state index < -0.39 is 5.41 Å². The molecule has 27 heavy (non-hydrogen) atoms. The minimum atomic E-state index is -0.466. The summed E-state index contributed by atoms with van der Waals surface area (Å²) in [6.45, 7) is 12.3. The summed E-state index contributed by atoms with van der Waals surface area (Å²) in [5.74, 6) is 0.668. The molecule has 0 atom stereocenters. The molecule has 0 spiro atoms. The maximum absolute atomic E-state index is 12.4. The molecule has 2 rings (SSSR count). The second-order valence-corrected chi connectivity index (χ2v) is 9.90. The Bertz CT molecular complexity index is 835. The van der Waals surface area contributed by atoms with E-state index in [1.807, 2.05) is 33.8 Å². The van der Waals surface area contributed by atoms with Crippen LogP contribution in [0.15, 0.2) is 29.2 Å². The molecule has 0 aliphatic heterocycles. The molecule has 0 bridgehead atoms. The molecule has 0 aliphatic rings. The highest BCUT2D eigenvalue weighted by Crippen LogP contribution is 2.28. The van der Waals surface area contributed by atoms with Gasteiger partial charge >= 0.3 is 0 Å². The molecule has 1 aromatic heterocycles. The van der Waals surface area contributed by atoms with Crippen LogP contribution in [-0.2, 0) is 4.79 Å². The lowest BCUT2D eigenvalue weighted by molar-refractivity contribution is -0.123. The number of nitrogens with one attached hydrogen (secondary N) is 2. The fraction of sp³-hybridized carbons (Fsp3) is 0.429. The Hall–Kier alpha value is -1.79. The zero-order chi connectivity index (χ0) is 20.2. The molecule has 1 aromatic carbocycles. The number of carbonyl (C=O) groups excluding carboxylic acids is 2. The Morgan fingerprint density at radius 2 is 1.74 bits per heavy atom. The van der Waals surface area contributed by atoms with Crippen molar-refractivity contribution < 1.29 is 9.59 Å². The van der Waals surface area contributed by atoms with Crippen molar-refractivity contribution >= 4 is 39.9 Å². The number of amides is 2. The predicted octanol–water partition coefficient (Wildman–Crippen LogP) is 5.18. The van der Waals surface area contributed by atoms with E-state index in [1.165, 1.54) is 27.4 Å². The summed E-state index contributed by atoms with van der Waals surface area (Å²) in [6, 6.07) is 8.27. The van der Waals surface area contributed by atoms with Crippen LogP contribution in [0.5, 0.6) is 0 Å². The van der Waals surface area contributed by atoms with Crippen molar-refractivity contribution in [1.29, 1.82) is 0 Å². The van der Waals surface area contributed by atoms with Crippen LogP contribution in [0.2, 0.25) is 0 Å². The van der Waals surface area contributed by atoms with Crippen molar-refractivity contribution in [3.8, 4) is 0 Å². The van der Waals surface area contributed by atoms with Gasteiger partial charge in [0.1, 0.15) is 0 Å². The number of hydrogen-bond donors (Lipinski definition) is 2. The lowest BCUT2D eigenvalue weighted by atomic mass is 9.96. The molecule has 146 valence electrons. The smallest absolute Gasteiger partial charge is 0.261 e. The number of carbonyl (C=O) groups is 2. The number of benzene rings is 1. The van der Waals surface area contributed by atoms with Crippen molar-refractivity contribution in [3.05, 3.63) is 45.8 Å². The van der Waals surface area contributed by atoms with Crippen LogP contribution in [0.1, 0.15) is 47.1 Å². The Labute approximate surface area is 170 Å². The second-order valence-electron chi connectivity index (χ2n) is 7.68. The third-order valence-corrected chi connectivity index (χ3v) is 6.32. The molecule has 0 saturated heterocycles. The average Bonchev–Trinajstić information content (AvgIpc) is 2.94. The first-order chi connectivity index (χ1) is 12.6. The highest BCUT2D eigenvalue weighted by molar-refractivity contribution is 7.99. The van der Waals surface area contributed by atoms with Gasteiger partial charge in [0.15, 0.2) is 0 Å². The molecule has 0 saturated carbocycles. The van der Waals surface area contributed by atoms with Gasteiger partial charge in [0.25, 0.3) is 5.91 Å². The summed E-state index contributed by atoms with van der Waals surface area (Å²) in [4.78, 5) is 26.4. The zero-order valence-corrected chi connectivity index (χ0v) is 18.5. The summed E-state index contributed by atoms with van der Waals surface area (Å²) in [7, 11) is 0. The average molecular weight is 405 g/mol. The fourth-order valence-corrected chi connectivity index (χ4v) is 4.13. The second kappa shape index (κ2) is 8.93. The van der Waals surface area contributed by atoms with E-state index >= 15 is 0 Å². The van der Waals surface area contributed by atoms with Crippen molar-refractivity contribution in [3.63, 3.8) is 0 Å². The van der Waals surface area contributed by atoms with Gasteiger partial charge in [-0.05, 0) is 55.7 Å². The lowest BCUT2D eigenvalue weighted by Gasteiger charge is -2.16. The zero-order valence-electron chi connectivity index (χ0n) is 16.9. The van der Waals surface area contributed by atoms with Gasteiger partial charge in [0.05, 0.1) is 9.88 Å². The Balaban J connectivity index is 1.87. The summed E-state index contributed by atoms with van der Waals surface area (Å²) in [6.07, 6.45) is 0. The van der Waals surface area contributed by atoms with Crippen LogP contribution >= 0.6 is 23.1 Å². The monoisotopic (exact) mass is 404 g/mol. The van der Waals surface area contributed by atoms with E-state index in [0.717, 1.165) is 11.3 Å². The van der Waals surface area contributed by atoms with Gasteiger partial charge in [0.2, 0.25) is 5.91 Å². The van der Waals surface area contributed by atoms with Gasteiger partial charge in [-0.25, -0.2) is 0 Å². The third-order valence-electron chi connectivity index (χ3n) is 4.18. The molecule has 2 N–H and O–H groups in total. The molecule has 2 amide bonds. The minimum absolute atomic E-state index is 0.0551. The summed E-state index contributed by atoms with van der Waals surface area (Å²) in [5, 5.41) is 6.57. The number of rotatable bonds is 6. The maximum Gasteiger partial charge on any atom is 0.261 e. The quantitative estimate of drug-likeness (QED) is 0.515. The topological polar surface area (TPSA) is 58.2 Å². The minimum Gasteiger partial charge on any atom is -0.350 e. The van der Waals surface area contributed by atoms with E-state index in [4.69, 9.17) is 0 Å². The van der Waals surface area contributed by atoms with Gasteiger partial charge in [-0.2, -0.15) is 0 Å². The number of aryl methyl sites for hydroxylation is 3. The fourth-order valence-electron chi connectivity index (χ4n) is 2.29.